The first-order chi connectivity index (χ1) is 12.0. The van der Waals surface area contributed by atoms with Crippen LogP contribution in [0.5, 0.6) is 0 Å². The van der Waals surface area contributed by atoms with Crippen molar-refractivity contribution in [3.05, 3.63) is 50.5 Å². The first kappa shape index (κ1) is 18.2. The predicted molar refractivity (Wildman–Crippen MR) is 102 cm³/mol. The number of aromatic nitrogens is 3. The number of aromatic amines is 1. The average molecular weight is 397 g/mol. The number of hydrogen-bond acceptors (Lipinski definition) is 3. The minimum absolute atomic E-state index is 0.000108. The van der Waals surface area contributed by atoms with Crippen LogP contribution in [0.1, 0.15) is 30.1 Å². The molecule has 0 saturated carbocycles. The lowest BCUT2D eigenvalue weighted by atomic mass is 9.96. The van der Waals surface area contributed by atoms with Crippen LogP contribution >= 0.6 is 35.4 Å². The Hall–Kier alpha value is -1.63. The van der Waals surface area contributed by atoms with E-state index < -0.39 is 0 Å². The lowest BCUT2D eigenvalue weighted by Crippen LogP contribution is -2.37. The van der Waals surface area contributed by atoms with Crippen molar-refractivity contribution in [2.24, 2.45) is 7.05 Å². The first-order valence-electron chi connectivity index (χ1n) is 7.99. The molecule has 1 aliphatic heterocycles. The molecule has 25 heavy (non-hydrogen) atoms. The normalized spacial score (nSPS) is 15.9. The van der Waals surface area contributed by atoms with E-state index in [4.69, 9.17) is 35.4 Å². The Morgan fingerprint density at radius 1 is 1.32 bits per heavy atom. The van der Waals surface area contributed by atoms with Gasteiger partial charge in [-0.25, -0.2) is 0 Å². The van der Waals surface area contributed by atoms with Gasteiger partial charge in [-0.3, -0.25) is 9.89 Å². The summed E-state index contributed by atoms with van der Waals surface area (Å²) >= 11 is 17.0. The molecule has 2 heterocycles. The van der Waals surface area contributed by atoms with Gasteiger partial charge in [0.25, 0.3) is 0 Å². The highest BCUT2D eigenvalue weighted by molar-refractivity contribution is 7.71. The monoisotopic (exact) mass is 396 g/mol. The van der Waals surface area contributed by atoms with Gasteiger partial charge in [-0.05, 0) is 48.8 Å². The molecule has 1 saturated heterocycles. The lowest BCUT2D eigenvalue weighted by Gasteiger charge is -2.30. The van der Waals surface area contributed by atoms with Crippen LogP contribution in [0.3, 0.4) is 0 Å². The van der Waals surface area contributed by atoms with E-state index in [2.05, 4.69) is 10.2 Å². The summed E-state index contributed by atoms with van der Waals surface area (Å²) in [5, 5.41) is 8.10. The van der Waals surface area contributed by atoms with Gasteiger partial charge in [0.05, 0.1) is 10.0 Å². The van der Waals surface area contributed by atoms with E-state index in [0.29, 0.717) is 33.8 Å². The number of likely N-dealkylation sites (tertiary alicyclic amines) is 1. The van der Waals surface area contributed by atoms with Crippen LogP contribution in [0.2, 0.25) is 10.0 Å². The SMILES string of the molecule is Cn1c(C2CCN(C(=O)/C=C/c3ccc(Cl)c(Cl)c3)CC2)n[nH]c1=S. The number of piperidine rings is 1. The second-order valence-electron chi connectivity index (χ2n) is 6.05. The second kappa shape index (κ2) is 7.72. The fourth-order valence-electron chi connectivity index (χ4n) is 2.97. The number of hydrogen-bond donors (Lipinski definition) is 1. The third-order valence-corrected chi connectivity index (χ3v) is 5.55. The number of carbonyl (C=O) groups excluding carboxylic acids is 1. The number of H-pyrrole nitrogens is 1. The molecular formula is C17H18Cl2N4OS. The van der Waals surface area contributed by atoms with Crippen molar-refractivity contribution >= 4 is 47.4 Å². The minimum atomic E-state index is -0.000108. The van der Waals surface area contributed by atoms with E-state index in [-0.39, 0.29) is 5.91 Å². The molecule has 132 valence electrons. The van der Waals surface area contributed by atoms with E-state index in [1.54, 1.807) is 24.3 Å². The van der Waals surface area contributed by atoms with Crippen molar-refractivity contribution in [1.82, 2.24) is 19.7 Å². The molecule has 0 atom stereocenters. The highest BCUT2D eigenvalue weighted by Gasteiger charge is 2.25. The molecular weight excluding hydrogens is 379 g/mol. The summed E-state index contributed by atoms with van der Waals surface area (Å²) < 4.78 is 2.53. The van der Waals surface area contributed by atoms with Gasteiger partial charge < -0.3 is 9.47 Å². The maximum Gasteiger partial charge on any atom is 0.246 e. The van der Waals surface area contributed by atoms with Crippen LogP contribution in [0.25, 0.3) is 6.08 Å². The van der Waals surface area contributed by atoms with Crippen LogP contribution in [0.15, 0.2) is 24.3 Å². The van der Waals surface area contributed by atoms with Crippen molar-refractivity contribution < 1.29 is 4.79 Å². The van der Waals surface area contributed by atoms with Gasteiger partial charge in [0, 0.05) is 32.1 Å². The molecule has 1 N–H and O–H groups in total. The molecule has 0 radical (unpaired) electrons. The van der Waals surface area contributed by atoms with Crippen LogP contribution in [-0.4, -0.2) is 38.7 Å². The van der Waals surface area contributed by atoms with Crippen molar-refractivity contribution in [2.45, 2.75) is 18.8 Å². The average Bonchev–Trinajstić information content (AvgIpc) is 2.95. The van der Waals surface area contributed by atoms with Crippen LogP contribution in [0, 0.1) is 4.77 Å². The molecule has 1 fully saturated rings. The van der Waals surface area contributed by atoms with Crippen LogP contribution < -0.4 is 0 Å². The van der Waals surface area contributed by atoms with Crippen molar-refractivity contribution in [1.29, 1.82) is 0 Å². The number of nitrogens with one attached hydrogen (secondary N) is 1. The summed E-state index contributed by atoms with van der Waals surface area (Å²) in [5.74, 6) is 1.28. The molecule has 1 aliphatic rings. The number of carbonyl (C=O) groups is 1. The summed E-state index contributed by atoms with van der Waals surface area (Å²) in [6, 6.07) is 5.29. The Morgan fingerprint density at radius 2 is 2.04 bits per heavy atom. The fraction of sp³-hybridized carbons (Fsp3) is 0.353. The number of amides is 1. The Labute approximate surface area is 161 Å². The molecule has 0 bridgehead atoms. The number of benzene rings is 1. The zero-order valence-corrected chi connectivity index (χ0v) is 16.0. The Kier molecular flexibility index (Phi) is 5.61. The Morgan fingerprint density at radius 3 is 2.64 bits per heavy atom. The number of halogens is 2. The Balaban J connectivity index is 1.59. The standard InChI is InChI=1S/C17H18Cl2N4OS/c1-22-16(20-21-17(22)25)12-6-8-23(9-7-12)15(24)5-3-11-2-4-13(18)14(19)10-11/h2-5,10,12H,6-9H2,1H3,(H,21,25)/b5-3+. The van der Waals surface area contributed by atoms with E-state index in [0.717, 1.165) is 24.2 Å². The van der Waals surface area contributed by atoms with E-state index in [1.807, 2.05) is 22.6 Å². The molecule has 0 aliphatic carbocycles. The molecule has 0 spiro atoms. The summed E-state index contributed by atoms with van der Waals surface area (Å²) in [4.78, 5) is 14.2. The van der Waals surface area contributed by atoms with Crippen molar-refractivity contribution in [3.63, 3.8) is 0 Å². The van der Waals surface area contributed by atoms with E-state index >= 15 is 0 Å². The van der Waals surface area contributed by atoms with Gasteiger partial charge in [0.1, 0.15) is 5.82 Å². The molecule has 1 amide bonds. The van der Waals surface area contributed by atoms with Crippen LogP contribution in [0.4, 0.5) is 0 Å². The summed E-state index contributed by atoms with van der Waals surface area (Å²) in [7, 11) is 1.92. The summed E-state index contributed by atoms with van der Waals surface area (Å²) in [5.41, 5.74) is 0.846. The van der Waals surface area contributed by atoms with Crippen LogP contribution in [-0.2, 0) is 11.8 Å². The van der Waals surface area contributed by atoms with Gasteiger partial charge in [-0.15, -0.1) is 0 Å². The maximum absolute atomic E-state index is 12.4. The van der Waals surface area contributed by atoms with Gasteiger partial charge >= 0.3 is 0 Å². The number of nitrogens with zero attached hydrogens (tertiary/aromatic N) is 3. The first-order valence-corrected chi connectivity index (χ1v) is 9.15. The zero-order valence-electron chi connectivity index (χ0n) is 13.7. The molecule has 8 heteroatoms. The third-order valence-electron chi connectivity index (χ3n) is 4.45. The molecule has 3 rings (SSSR count). The van der Waals surface area contributed by atoms with Gasteiger partial charge in [0.15, 0.2) is 4.77 Å². The number of rotatable bonds is 3. The lowest BCUT2D eigenvalue weighted by molar-refractivity contribution is -0.127. The van der Waals surface area contributed by atoms with Gasteiger partial charge in [-0.1, -0.05) is 29.3 Å². The zero-order chi connectivity index (χ0) is 18.0. The highest BCUT2D eigenvalue weighted by Crippen LogP contribution is 2.27. The van der Waals surface area contributed by atoms with Crippen molar-refractivity contribution in [3.8, 4) is 0 Å². The quantitative estimate of drug-likeness (QED) is 0.624. The predicted octanol–water partition coefficient (Wildman–Crippen LogP) is 4.20. The largest absolute Gasteiger partial charge is 0.339 e. The van der Waals surface area contributed by atoms with E-state index in [1.165, 1.54) is 0 Å². The molecule has 1 aromatic heterocycles. The molecule has 2 aromatic rings. The summed E-state index contributed by atoms with van der Waals surface area (Å²) in [6.07, 6.45) is 5.09. The van der Waals surface area contributed by atoms with Gasteiger partial charge in [0.2, 0.25) is 5.91 Å². The minimum Gasteiger partial charge on any atom is -0.339 e. The Bertz CT molecular complexity index is 866. The van der Waals surface area contributed by atoms with Gasteiger partial charge in [-0.2, -0.15) is 5.10 Å². The highest BCUT2D eigenvalue weighted by atomic mass is 35.5. The molecule has 0 unspecified atom stereocenters. The smallest absolute Gasteiger partial charge is 0.246 e. The fourth-order valence-corrected chi connectivity index (χ4v) is 3.42. The second-order valence-corrected chi connectivity index (χ2v) is 7.25. The summed E-state index contributed by atoms with van der Waals surface area (Å²) in [6.45, 7) is 1.41. The third kappa shape index (κ3) is 4.14. The van der Waals surface area contributed by atoms with Crippen molar-refractivity contribution in [2.75, 3.05) is 13.1 Å². The molecule has 5 nitrogen and oxygen atoms in total. The maximum atomic E-state index is 12.4. The molecule has 1 aromatic carbocycles. The topological polar surface area (TPSA) is 53.9 Å². The van der Waals surface area contributed by atoms with E-state index in [9.17, 15) is 4.79 Å².